The van der Waals surface area contributed by atoms with Gasteiger partial charge in [-0.05, 0) is 6.42 Å². The van der Waals surface area contributed by atoms with Gasteiger partial charge in [0, 0.05) is 11.0 Å². The molecule has 0 aliphatic carbocycles. The van der Waals surface area contributed by atoms with Crippen LogP contribution in [0.5, 0.6) is 0 Å². The van der Waals surface area contributed by atoms with Crippen molar-refractivity contribution in [2.45, 2.75) is 32.6 Å². The third kappa shape index (κ3) is 42.2. The summed E-state index contributed by atoms with van der Waals surface area (Å²) in [4.78, 5) is 0. The Bertz CT molecular complexity index is 442. The van der Waals surface area contributed by atoms with Crippen molar-refractivity contribution >= 4 is 22.6 Å². The van der Waals surface area contributed by atoms with E-state index >= 15 is 0 Å². The van der Waals surface area contributed by atoms with Crippen LogP contribution < -0.4 is 0 Å². The van der Waals surface area contributed by atoms with Gasteiger partial charge in [-0.3, -0.25) is 0 Å². The van der Waals surface area contributed by atoms with Crippen LogP contribution in [0.25, 0.3) is 0 Å². The Morgan fingerprint density at radius 3 is 0.674 bits per heavy atom. The number of hydrogen-bond acceptors (Lipinski definition) is 12. The molecule has 13 heteroatoms. The minimum atomic E-state index is 0.521. The van der Waals surface area contributed by atoms with Gasteiger partial charge in [-0.1, -0.05) is 48.8 Å². The largest absolute Gasteiger partial charge is 0.379 e. The van der Waals surface area contributed by atoms with Gasteiger partial charge >= 0.3 is 0 Å². The van der Waals surface area contributed by atoms with Crippen molar-refractivity contribution in [2.24, 2.45) is 0 Å². The lowest BCUT2D eigenvalue weighted by atomic mass is 10.2. The molecule has 0 bridgehead atoms. The first-order valence-corrected chi connectivity index (χ1v) is 17.4. The average Bonchev–Trinajstić information content (AvgIpc) is 3.02. The van der Waals surface area contributed by atoms with Gasteiger partial charge in [-0.2, -0.15) is 0 Å². The Kier molecular flexibility index (Phi) is 42.5. The fourth-order valence-corrected chi connectivity index (χ4v) is 3.52. The van der Waals surface area contributed by atoms with E-state index in [0.29, 0.717) is 145 Å². The van der Waals surface area contributed by atoms with E-state index in [0.717, 1.165) is 24.1 Å². The molecule has 0 unspecified atom stereocenters. The molecule has 0 aliphatic heterocycles. The van der Waals surface area contributed by atoms with Crippen molar-refractivity contribution in [3.63, 3.8) is 0 Å². The normalized spacial score (nSPS) is 11.6. The zero-order valence-electron chi connectivity index (χ0n) is 26.8. The highest BCUT2D eigenvalue weighted by molar-refractivity contribution is 14.1. The van der Waals surface area contributed by atoms with Gasteiger partial charge in [0.25, 0.3) is 0 Å². The van der Waals surface area contributed by atoms with Crippen LogP contribution in [-0.2, 0) is 56.8 Å². The number of hydrogen-bond donors (Lipinski definition) is 0. The van der Waals surface area contributed by atoms with Gasteiger partial charge in [0.05, 0.1) is 152 Å². The summed E-state index contributed by atoms with van der Waals surface area (Å²) >= 11 is 2.28. The van der Waals surface area contributed by atoms with Crippen LogP contribution in [0.4, 0.5) is 0 Å². The molecule has 0 saturated heterocycles. The van der Waals surface area contributed by atoms with Crippen molar-refractivity contribution in [2.75, 3.05) is 163 Å². The zero-order chi connectivity index (χ0) is 31.0. The first kappa shape index (κ1) is 43.2. The number of unbranched alkanes of at least 4 members (excludes halogenated alkanes) is 3. The highest BCUT2D eigenvalue weighted by Gasteiger charge is 1.97. The molecular weight excluding hydrogens is 679 g/mol. The second-order valence-electron chi connectivity index (χ2n) is 9.10. The number of halogens is 1. The minimum absolute atomic E-state index is 0.521. The van der Waals surface area contributed by atoms with Gasteiger partial charge in [-0.25, -0.2) is 0 Å². The molecule has 0 spiro atoms. The highest BCUT2D eigenvalue weighted by atomic mass is 127. The molecule has 0 N–H and O–H groups in total. The van der Waals surface area contributed by atoms with Gasteiger partial charge in [0.15, 0.2) is 0 Å². The Hall–Kier alpha value is 0.250. The predicted octanol–water partition coefficient (Wildman–Crippen LogP) is 3.20. The highest BCUT2D eigenvalue weighted by Crippen LogP contribution is 1.98. The second kappa shape index (κ2) is 42.2. The molecule has 0 amide bonds. The summed E-state index contributed by atoms with van der Waals surface area (Å²) in [7, 11) is 0. The van der Waals surface area contributed by atoms with Crippen LogP contribution in [0, 0.1) is 0 Å². The lowest BCUT2D eigenvalue weighted by Crippen LogP contribution is -2.15. The van der Waals surface area contributed by atoms with Gasteiger partial charge < -0.3 is 56.8 Å². The molecule has 12 nitrogen and oxygen atoms in total. The first-order valence-electron chi connectivity index (χ1n) is 15.9. The Morgan fingerprint density at radius 1 is 0.256 bits per heavy atom. The summed E-state index contributed by atoms with van der Waals surface area (Å²) in [5.74, 6) is 0. The van der Waals surface area contributed by atoms with E-state index in [9.17, 15) is 0 Å². The van der Waals surface area contributed by atoms with Crippen molar-refractivity contribution < 1.29 is 56.8 Å². The van der Waals surface area contributed by atoms with Crippen LogP contribution in [0.15, 0.2) is 0 Å². The van der Waals surface area contributed by atoms with E-state index in [1.54, 1.807) is 0 Å². The molecule has 0 rings (SSSR count). The topological polar surface area (TPSA) is 111 Å². The van der Waals surface area contributed by atoms with E-state index in [2.05, 4.69) is 29.5 Å². The summed E-state index contributed by atoms with van der Waals surface area (Å²) in [6.45, 7) is 15.9. The predicted molar refractivity (Wildman–Crippen MR) is 173 cm³/mol. The fraction of sp³-hybridized carbons (Fsp3) is 1.00. The van der Waals surface area contributed by atoms with Crippen molar-refractivity contribution in [3.05, 3.63) is 0 Å². The zero-order valence-corrected chi connectivity index (χ0v) is 28.9. The SMILES string of the molecule is CCCCCCOCCOCCOCCOCCOCCOCCOCCOCCOCCOCCOCCOCCI. The first-order chi connectivity index (χ1) is 21.4. The Labute approximate surface area is 274 Å². The van der Waals surface area contributed by atoms with Gasteiger partial charge in [0.2, 0.25) is 0 Å². The Balaban J connectivity index is 3.02. The molecule has 0 heterocycles. The molecule has 0 atom stereocenters. The van der Waals surface area contributed by atoms with Gasteiger partial charge in [-0.15, -0.1) is 0 Å². The number of alkyl halides is 1. The summed E-state index contributed by atoms with van der Waals surface area (Å²) in [5.41, 5.74) is 0. The van der Waals surface area contributed by atoms with Crippen molar-refractivity contribution in [1.29, 1.82) is 0 Å². The van der Waals surface area contributed by atoms with E-state index in [-0.39, 0.29) is 0 Å². The number of rotatable bonds is 40. The molecular formula is C30H61IO12. The van der Waals surface area contributed by atoms with Crippen molar-refractivity contribution in [1.82, 2.24) is 0 Å². The van der Waals surface area contributed by atoms with E-state index in [4.69, 9.17) is 56.8 Å². The van der Waals surface area contributed by atoms with Crippen LogP contribution in [0.2, 0.25) is 0 Å². The van der Waals surface area contributed by atoms with Crippen LogP contribution in [0.1, 0.15) is 32.6 Å². The van der Waals surface area contributed by atoms with Crippen LogP contribution >= 0.6 is 22.6 Å². The maximum Gasteiger partial charge on any atom is 0.0701 e. The van der Waals surface area contributed by atoms with E-state index in [1.807, 2.05) is 0 Å². The molecule has 260 valence electrons. The molecule has 0 aromatic carbocycles. The molecule has 0 aromatic heterocycles. The Morgan fingerprint density at radius 2 is 0.465 bits per heavy atom. The third-order valence-corrected chi connectivity index (χ3v) is 5.90. The summed E-state index contributed by atoms with van der Waals surface area (Å²) < 4.78 is 66.5. The average molecular weight is 741 g/mol. The molecule has 0 fully saturated rings. The maximum absolute atomic E-state index is 5.52. The van der Waals surface area contributed by atoms with Crippen molar-refractivity contribution in [3.8, 4) is 0 Å². The quantitative estimate of drug-likeness (QED) is 0.0523. The van der Waals surface area contributed by atoms with Gasteiger partial charge in [0.1, 0.15) is 0 Å². The summed E-state index contributed by atoms with van der Waals surface area (Å²) in [5, 5.41) is 0. The standard InChI is InChI=1S/C30H61IO12/c1-2-3-4-5-7-32-9-11-34-13-15-36-17-19-38-21-23-40-25-27-42-29-30-43-28-26-41-24-22-39-20-18-37-16-14-35-12-10-33-8-6-31/h2-30H2,1H3. The lowest BCUT2D eigenvalue weighted by Gasteiger charge is -2.09. The fourth-order valence-electron chi connectivity index (χ4n) is 3.21. The monoisotopic (exact) mass is 740 g/mol. The third-order valence-electron chi connectivity index (χ3n) is 5.46. The smallest absolute Gasteiger partial charge is 0.0701 e. The summed E-state index contributed by atoms with van der Waals surface area (Å²) in [6.07, 6.45) is 4.90. The van der Waals surface area contributed by atoms with E-state index < -0.39 is 0 Å². The van der Waals surface area contributed by atoms with E-state index in [1.165, 1.54) is 19.3 Å². The van der Waals surface area contributed by atoms with Crippen LogP contribution in [-0.4, -0.2) is 163 Å². The maximum atomic E-state index is 5.52. The number of ether oxygens (including phenoxy) is 12. The molecule has 0 radical (unpaired) electrons. The lowest BCUT2D eigenvalue weighted by molar-refractivity contribution is -0.0282. The molecule has 43 heavy (non-hydrogen) atoms. The summed E-state index contributed by atoms with van der Waals surface area (Å²) in [6, 6.07) is 0. The van der Waals surface area contributed by atoms with Crippen LogP contribution in [0.3, 0.4) is 0 Å². The molecule has 0 saturated carbocycles. The molecule has 0 aliphatic rings. The minimum Gasteiger partial charge on any atom is -0.379 e. The molecule has 0 aromatic rings. The second-order valence-corrected chi connectivity index (χ2v) is 10.2.